The van der Waals surface area contributed by atoms with Gasteiger partial charge in [-0.1, -0.05) is 0 Å². The number of furan rings is 1. The summed E-state index contributed by atoms with van der Waals surface area (Å²) in [5.41, 5.74) is 0.999. The molecule has 0 saturated heterocycles. The normalized spacial score (nSPS) is 12.7. The van der Waals surface area contributed by atoms with Gasteiger partial charge in [0.2, 0.25) is 11.8 Å². The first-order valence-electron chi connectivity index (χ1n) is 5.12. The molecule has 0 saturated carbocycles. The van der Waals surface area contributed by atoms with Crippen LogP contribution < -0.4 is 0 Å². The van der Waals surface area contributed by atoms with Crippen molar-refractivity contribution in [3.8, 4) is 0 Å². The Hall–Kier alpha value is -2.04. The lowest BCUT2D eigenvalue weighted by molar-refractivity contribution is -0.116. The third-order valence-electron chi connectivity index (χ3n) is 1.97. The van der Waals surface area contributed by atoms with E-state index in [-0.39, 0.29) is 11.8 Å². The first-order valence-corrected chi connectivity index (χ1v) is 5.12. The van der Waals surface area contributed by atoms with Crippen molar-refractivity contribution in [2.45, 2.75) is 27.7 Å². The summed E-state index contributed by atoms with van der Waals surface area (Å²) in [5.74, 6) is 0.422. The van der Waals surface area contributed by atoms with Gasteiger partial charge < -0.3 is 4.42 Å². The standard InChI is InChI=1S/C12H14N2O3/c1-7(13-9(3)15)11-5-6-12(17-11)8(2)14-10(4)16/h5-6H,1-4H3. The van der Waals surface area contributed by atoms with E-state index in [4.69, 9.17) is 4.42 Å². The number of hydrogen-bond acceptors (Lipinski definition) is 3. The van der Waals surface area contributed by atoms with Gasteiger partial charge in [-0.05, 0) is 26.0 Å². The molecule has 90 valence electrons. The van der Waals surface area contributed by atoms with Crippen molar-refractivity contribution in [3.63, 3.8) is 0 Å². The maximum atomic E-state index is 10.8. The number of amides is 2. The molecule has 1 aromatic heterocycles. The molecule has 5 nitrogen and oxygen atoms in total. The van der Waals surface area contributed by atoms with Gasteiger partial charge in [0, 0.05) is 13.8 Å². The Bertz CT molecular complexity index is 465. The molecule has 1 heterocycles. The molecule has 0 radical (unpaired) electrons. The van der Waals surface area contributed by atoms with Gasteiger partial charge in [0.25, 0.3) is 0 Å². The minimum Gasteiger partial charge on any atom is -0.454 e. The SMILES string of the molecule is CC(=O)N=C(C)c1ccc(C(C)=NC(C)=O)o1. The highest BCUT2D eigenvalue weighted by Gasteiger charge is 2.08. The van der Waals surface area contributed by atoms with Crippen molar-refractivity contribution in [3.05, 3.63) is 23.7 Å². The van der Waals surface area contributed by atoms with Crippen LogP contribution >= 0.6 is 0 Å². The van der Waals surface area contributed by atoms with Crippen LogP contribution in [0.1, 0.15) is 39.2 Å². The van der Waals surface area contributed by atoms with Crippen LogP contribution in [0.25, 0.3) is 0 Å². The first-order chi connectivity index (χ1) is 7.90. The van der Waals surface area contributed by atoms with Crippen LogP contribution in [0.3, 0.4) is 0 Å². The maximum absolute atomic E-state index is 10.8. The Balaban J connectivity index is 3.00. The molecule has 0 fully saturated rings. The van der Waals surface area contributed by atoms with Gasteiger partial charge in [-0.25, -0.2) is 9.98 Å². The summed E-state index contributed by atoms with van der Waals surface area (Å²) in [5, 5.41) is 0. The average molecular weight is 234 g/mol. The largest absolute Gasteiger partial charge is 0.454 e. The predicted octanol–water partition coefficient (Wildman–Crippen LogP) is 1.99. The molecular formula is C12H14N2O3. The highest BCUT2D eigenvalue weighted by atomic mass is 16.3. The second-order valence-electron chi connectivity index (χ2n) is 3.60. The Morgan fingerprint density at radius 2 is 1.24 bits per heavy atom. The number of aliphatic imine (C=N–C) groups is 2. The van der Waals surface area contributed by atoms with Crippen LogP contribution in [-0.2, 0) is 9.59 Å². The van der Waals surface area contributed by atoms with Crippen LogP contribution in [-0.4, -0.2) is 23.2 Å². The Morgan fingerprint density at radius 3 is 1.53 bits per heavy atom. The van der Waals surface area contributed by atoms with Gasteiger partial charge in [0.05, 0.1) is 11.4 Å². The summed E-state index contributed by atoms with van der Waals surface area (Å²) < 4.78 is 5.44. The average Bonchev–Trinajstić information content (AvgIpc) is 2.63. The second-order valence-corrected chi connectivity index (χ2v) is 3.60. The van der Waals surface area contributed by atoms with Crippen LogP contribution in [0, 0.1) is 0 Å². The van der Waals surface area contributed by atoms with E-state index in [0.29, 0.717) is 22.9 Å². The van der Waals surface area contributed by atoms with E-state index < -0.39 is 0 Å². The summed E-state index contributed by atoms with van der Waals surface area (Å²) >= 11 is 0. The van der Waals surface area contributed by atoms with E-state index in [1.54, 1.807) is 26.0 Å². The molecule has 0 atom stereocenters. The molecule has 2 amide bonds. The van der Waals surface area contributed by atoms with Crippen molar-refractivity contribution in [1.29, 1.82) is 0 Å². The van der Waals surface area contributed by atoms with Gasteiger partial charge >= 0.3 is 0 Å². The Morgan fingerprint density at radius 1 is 0.882 bits per heavy atom. The minimum atomic E-state index is -0.283. The topological polar surface area (TPSA) is 72.0 Å². The van der Waals surface area contributed by atoms with Crippen LogP contribution in [0.15, 0.2) is 26.5 Å². The van der Waals surface area contributed by atoms with Gasteiger partial charge in [0.15, 0.2) is 0 Å². The lowest BCUT2D eigenvalue weighted by Gasteiger charge is -1.95. The number of hydrogen-bond donors (Lipinski definition) is 0. The van der Waals surface area contributed by atoms with Crippen molar-refractivity contribution in [2.75, 3.05) is 0 Å². The van der Waals surface area contributed by atoms with Gasteiger partial charge in [0.1, 0.15) is 11.5 Å². The highest BCUT2D eigenvalue weighted by Crippen LogP contribution is 2.10. The molecule has 0 aliphatic heterocycles. The Labute approximate surface area is 99.3 Å². The van der Waals surface area contributed by atoms with Crippen molar-refractivity contribution < 1.29 is 14.0 Å². The molecule has 5 heteroatoms. The summed E-state index contributed by atoms with van der Waals surface area (Å²) in [7, 11) is 0. The van der Waals surface area contributed by atoms with E-state index in [1.807, 2.05) is 0 Å². The fourth-order valence-corrected chi connectivity index (χ4v) is 1.31. The van der Waals surface area contributed by atoms with E-state index in [0.717, 1.165) is 0 Å². The molecule has 0 spiro atoms. The molecule has 0 bridgehead atoms. The van der Waals surface area contributed by atoms with Crippen molar-refractivity contribution in [1.82, 2.24) is 0 Å². The predicted molar refractivity (Wildman–Crippen MR) is 64.5 cm³/mol. The molecule has 0 aromatic carbocycles. The summed E-state index contributed by atoms with van der Waals surface area (Å²) in [6.45, 7) is 6.11. The number of carbonyl (C=O) groups is 2. The molecule has 0 aliphatic carbocycles. The molecule has 0 N–H and O–H groups in total. The van der Waals surface area contributed by atoms with Gasteiger partial charge in [-0.15, -0.1) is 0 Å². The fourth-order valence-electron chi connectivity index (χ4n) is 1.31. The van der Waals surface area contributed by atoms with Crippen molar-refractivity contribution >= 4 is 23.2 Å². The molecule has 0 unspecified atom stereocenters. The number of carbonyl (C=O) groups excluding carboxylic acids is 2. The van der Waals surface area contributed by atoms with E-state index in [1.165, 1.54) is 13.8 Å². The molecule has 1 rings (SSSR count). The summed E-state index contributed by atoms with van der Waals surface area (Å²) in [4.78, 5) is 29.1. The van der Waals surface area contributed by atoms with Crippen LogP contribution in [0.5, 0.6) is 0 Å². The van der Waals surface area contributed by atoms with Crippen LogP contribution in [0.4, 0.5) is 0 Å². The molecule has 0 aliphatic rings. The molecular weight excluding hydrogens is 220 g/mol. The maximum Gasteiger partial charge on any atom is 0.242 e. The van der Waals surface area contributed by atoms with Gasteiger partial charge in [-0.3, -0.25) is 9.59 Å². The first kappa shape index (κ1) is 13.0. The highest BCUT2D eigenvalue weighted by molar-refractivity contribution is 6.05. The van der Waals surface area contributed by atoms with E-state index in [9.17, 15) is 9.59 Å². The third kappa shape index (κ3) is 3.79. The zero-order chi connectivity index (χ0) is 13.0. The number of nitrogens with zero attached hydrogens (tertiary/aromatic N) is 2. The summed E-state index contributed by atoms with van der Waals surface area (Å²) in [6.07, 6.45) is 0. The second kappa shape index (κ2) is 5.34. The third-order valence-corrected chi connectivity index (χ3v) is 1.97. The minimum absolute atomic E-state index is 0.283. The smallest absolute Gasteiger partial charge is 0.242 e. The Kier molecular flexibility index (Phi) is 4.09. The fraction of sp³-hybridized carbons (Fsp3) is 0.333. The molecule has 1 aromatic rings. The molecule has 17 heavy (non-hydrogen) atoms. The van der Waals surface area contributed by atoms with Gasteiger partial charge in [-0.2, -0.15) is 0 Å². The van der Waals surface area contributed by atoms with E-state index in [2.05, 4.69) is 9.98 Å². The number of rotatable bonds is 2. The lowest BCUT2D eigenvalue weighted by Crippen LogP contribution is -1.98. The zero-order valence-electron chi connectivity index (χ0n) is 10.3. The summed E-state index contributed by atoms with van der Waals surface area (Å²) in [6, 6.07) is 3.38. The van der Waals surface area contributed by atoms with E-state index >= 15 is 0 Å². The quantitative estimate of drug-likeness (QED) is 0.734. The zero-order valence-corrected chi connectivity index (χ0v) is 10.3. The lowest BCUT2D eigenvalue weighted by atomic mass is 10.3. The van der Waals surface area contributed by atoms with Crippen LogP contribution in [0.2, 0.25) is 0 Å². The monoisotopic (exact) mass is 234 g/mol. The van der Waals surface area contributed by atoms with Crippen molar-refractivity contribution in [2.24, 2.45) is 9.98 Å².